The van der Waals surface area contributed by atoms with Crippen LogP contribution in [0.5, 0.6) is 0 Å². The highest BCUT2D eigenvalue weighted by Gasteiger charge is 2.20. The highest BCUT2D eigenvalue weighted by atomic mass is 16.4. The number of amides is 2. The first kappa shape index (κ1) is 15.3. The monoisotopic (exact) mass is 292 g/mol. The number of carboxylic acids is 1. The molecule has 6 nitrogen and oxygen atoms in total. The topological polar surface area (TPSA) is 98.7 Å². The van der Waals surface area contributed by atoms with E-state index < -0.39 is 12.1 Å². The van der Waals surface area contributed by atoms with Gasteiger partial charge >= 0.3 is 12.0 Å². The van der Waals surface area contributed by atoms with E-state index >= 15 is 0 Å². The molecule has 4 N–H and O–H groups in total. The predicted octanol–water partition coefficient (Wildman–Crippen LogP) is 0.679. The lowest BCUT2D eigenvalue weighted by Gasteiger charge is -2.25. The number of aliphatic hydroxyl groups excluding tert-OH is 1. The lowest BCUT2D eigenvalue weighted by atomic mass is 9.88. The zero-order chi connectivity index (χ0) is 15.2. The number of fused-ring (bicyclic) bond motifs is 1. The minimum Gasteiger partial charge on any atom is -0.479 e. The minimum absolute atomic E-state index is 0.00372. The highest BCUT2D eigenvalue weighted by Crippen LogP contribution is 2.20. The van der Waals surface area contributed by atoms with E-state index in [1.165, 1.54) is 11.1 Å². The Morgan fingerprint density at radius 3 is 2.71 bits per heavy atom. The fourth-order valence-electron chi connectivity index (χ4n) is 2.50. The number of hydrogen-bond acceptors (Lipinski definition) is 3. The molecule has 0 saturated carbocycles. The maximum atomic E-state index is 11.7. The van der Waals surface area contributed by atoms with Crippen molar-refractivity contribution in [2.45, 2.75) is 37.8 Å². The second-order valence-electron chi connectivity index (χ2n) is 5.25. The van der Waals surface area contributed by atoms with E-state index in [4.69, 9.17) is 10.2 Å². The fraction of sp³-hybridized carbons (Fsp3) is 0.467. The van der Waals surface area contributed by atoms with Crippen LogP contribution in [0.15, 0.2) is 24.3 Å². The Labute approximate surface area is 123 Å². The molecule has 1 aromatic rings. The van der Waals surface area contributed by atoms with Gasteiger partial charge < -0.3 is 20.8 Å². The van der Waals surface area contributed by atoms with E-state index in [1.54, 1.807) is 0 Å². The molecule has 6 heteroatoms. The molecule has 0 radical (unpaired) electrons. The molecule has 2 amide bonds. The number of carboxylic acid groups (broad SMARTS) is 1. The van der Waals surface area contributed by atoms with Crippen LogP contribution in [-0.2, 0) is 17.6 Å². The summed E-state index contributed by atoms with van der Waals surface area (Å²) in [6, 6.07) is 7.96. The summed E-state index contributed by atoms with van der Waals surface area (Å²) in [4.78, 5) is 22.2. The van der Waals surface area contributed by atoms with Crippen molar-refractivity contribution >= 4 is 12.0 Å². The normalized spacial score (nSPS) is 18.4. The molecular formula is C15H20N2O4. The largest absolute Gasteiger partial charge is 0.479 e. The first-order valence-electron chi connectivity index (χ1n) is 7.08. The summed E-state index contributed by atoms with van der Waals surface area (Å²) in [6.45, 7) is 0.128. The fourth-order valence-corrected chi connectivity index (χ4v) is 2.50. The smallest absolute Gasteiger partial charge is 0.332 e. The second-order valence-corrected chi connectivity index (χ2v) is 5.25. The van der Waals surface area contributed by atoms with Crippen molar-refractivity contribution in [1.82, 2.24) is 10.6 Å². The van der Waals surface area contributed by atoms with E-state index in [-0.39, 0.29) is 25.0 Å². The molecule has 0 bridgehead atoms. The van der Waals surface area contributed by atoms with Gasteiger partial charge in [-0.25, -0.2) is 9.59 Å². The molecule has 0 fully saturated rings. The van der Waals surface area contributed by atoms with Crippen molar-refractivity contribution in [3.8, 4) is 0 Å². The zero-order valence-electron chi connectivity index (χ0n) is 11.7. The van der Waals surface area contributed by atoms with Gasteiger partial charge in [-0.3, -0.25) is 0 Å². The number of rotatable bonds is 5. The van der Waals surface area contributed by atoms with Crippen LogP contribution in [-0.4, -0.2) is 40.9 Å². The van der Waals surface area contributed by atoms with Crippen molar-refractivity contribution in [3.05, 3.63) is 35.4 Å². The van der Waals surface area contributed by atoms with Gasteiger partial charge in [-0.15, -0.1) is 0 Å². The van der Waals surface area contributed by atoms with Crippen molar-refractivity contribution in [3.63, 3.8) is 0 Å². The summed E-state index contributed by atoms with van der Waals surface area (Å²) in [5.74, 6) is -1.28. The van der Waals surface area contributed by atoms with Crippen LogP contribution >= 0.6 is 0 Å². The van der Waals surface area contributed by atoms with Gasteiger partial charge in [0.2, 0.25) is 0 Å². The van der Waals surface area contributed by atoms with Crippen molar-refractivity contribution < 1.29 is 19.8 Å². The average molecular weight is 292 g/mol. The molecule has 2 atom stereocenters. The molecule has 0 saturated heterocycles. The number of aryl methyl sites for hydroxylation is 1. The number of urea groups is 1. The van der Waals surface area contributed by atoms with Crippen LogP contribution in [0.3, 0.4) is 0 Å². The maximum Gasteiger partial charge on any atom is 0.332 e. The van der Waals surface area contributed by atoms with Crippen LogP contribution in [0.25, 0.3) is 0 Å². The number of benzene rings is 1. The summed E-state index contributed by atoms with van der Waals surface area (Å²) in [5, 5.41) is 23.1. The van der Waals surface area contributed by atoms with Gasteiger partial charge in [0.15, 0.2) is 6.10 Å². The van der Waals surface area contributed by atoms with Gasteiger partial charge in [-0.1, -0.05) is 24.3 Å². The standard InChI is InChI=1S/C15H20N2O4/c18-13(14(19)20)7-8-16-15(21)17-12-6-5-10-3-1-2-4-11(10)9-12/h1-4,12-13,18H,5-9H2,(H,19,20)(H2,16,17,21). The lowest BCUT2D eigenvalue weighted by molar-refractivity contribution is -0.146. The molecular weight excluding hydrogens is 272 g/mol. The third-order valence-electron chi connectivity index (χ3n) is 3.67. The third kappa shape index (κ3) is 4.46. The van der Waals surface area contributed by atoms with Gasteiger partial charge in [0.05, 0.1) is 0 Å². The summed E-state index contributed by atoms with van der Waals surface area (Å²) in [6.07, 6.45) is 1.20. The number of aliphatic hydroxyl groups is 1. The highest BCUT2D eigenvalue weighted by molar-refractivity contribution is 5.75. The van der Waals surface area contributed by atoms with Crippen LogP contribution < -0.4 is 10.6 Å². The number of nitrogens with one attached hydrogen (secondary N) is 2. The third-order valence-corrected chi connectivity index (χ3v) is 3.67. The van der Waals surface area contributed by atoms with Crippen molar-refractivity contribution in [1.29, 1.82) is 0 Å². The van der Waals surface area contributed by atoms with Crippen LogP contribution in [0, 0.1) is 0 Å². The molecule has 1 aliphatic rings. The Bertz CT molecular complexity index is 518. The van der Waals surface area contributed by atoms with Gasteiger partial charge in [-0.05, 0) is 30.4 Å². The predicted molar refractivity (Wildman–Crippen MR) is 77.0 cm³/mol. The van der Waals surface area contributed by atoms with Crippen LogP contribution in [0.2, 0.25) is 0 Å². The minimum atomic E-state index is -1.44. The van der Waals surface area contributed by atoms with E-state index in [0.29, 0.717) is 0 Å². The molecule has 2 unspecified atom stereocenters. The quantitative estimate of drug-likeness (QED) is 0.641. The summed E-state index contributed by atoms with van der Waals surface area (Å²) in [5.41, 5.74) is 2.59. The van der Waals surface area contributed by atoms with Gasteiger partial charge in [0.1, 0.15) is 0 Å². The zero-order valence-corrected chi connectivity index (χ0v) is 11.7. The second kappa shape index (κ2) is 7.08. The van der Waals surface area contributed by atoms with Gasteiger partial charge in [0, 0.05) is 19.0 Å². The van der Waals surface area contributed by atoms with E-state index in [9.17, 15) is 9.59 Å². The SMILES string of the molecule is O=C(NCCC(O)C(=O)O)NC1CCc2ccccc2C1. The number of carbonyl (C=O) groups is 2. The Morgan fingerprint density at radius 1 is 1.29 bits per heavy atom. The lowest BCUT2D eigenvalue weighted by Crippen LogP contribution is -2.45. The van der Waals surface area contributed by atoms with Crippen LogP contribution in [0.4, 0.5) is 4.79 Å². The van der Waals surface area contributed by atoms with E-state index in [1.807, 2.05) is 12.1 Å². The van der Waals surface area contributed by atoms with E-state index in [2.05, 4.69) is 22.8 Å². The van der Waals surface area contributed by atoms with Crippen molar-refractivity contribution in [2.24, 2.45) is 0 Å². The van der Waals surface area contributed by atoms with Crippen LogP contribution in [0.1, 0.15) is 24.0 Å². The Morgan fingerprint density at radius 2 is 2.00 bits per heavy atom. The molecule has 2 rings (SSSR count). The molecule has 21 heavy (non-hydrogen) atoms. The summed E-state index contributed by atoms with van der Waals surface area (Å²) >= 11 is 0. The molecule has 0 spiro atoms. The number of carbonyl (C=O) groups excluding carboxylic acids is 1. The maximum absolute atomic E-state index is 11.7. The Kier molecular flexibility index (Phi) is 5.16. The first-order chi connectivity index (χ1) is 10.1. The number of aliphatic carboxylic acids is 1. The summed E-state index contributed by atoms with van der Waals surface area (Å²) < 4.78 is 0. The Hall–Kier alpha value is -2.08. The first-order valence-corrected chi connectivity index (χ1v) is 7.08. The molecule has 1 aromatic carbocycles. The molecule has 0 aromatic heterocycles. The van der Waals surface area contributed by atoms with Gasteiger partial charge in [0.25, 0.3) is 0 Å². The average Bonchev–Trinajstić information content (AvgIpc) is 2.46. The molecule has 0 aliphatic heterocycles. The van der Waals surface area contributed by atoms with Gasteiger partial charge in [-0.2, -0.15) is 0 Å². The van der Waals surface area contributed by atoms with Crippen molar-refractivity contribution in [2.75, 3.05) is 6.54 Å². The summed E-state index contributed by atoms with van der Waals surface area (Å²) in [7, 11) is 0. The molecule has 114 valence electrons. The Balaban J connectivity index is 1.73. The molecule has 1 aliphatic carbocycles. The number of hydrogen-bond donors (Lipinski definition) is 4. The molecule has 0 heterocycles. The van der Waals surface area contributed by atoms with E-state index in [0.717, 1.165) is 19.3 Å².